The summed E-state index contributed by atoms with van der Waals surface area (Å²) in [7, 11) is 0. The van der Waals surface area contributed by atoms with Gasteiger partial charge in [0.15, 0.2) is 5.17 Å². The highest BCUT2D eigenvalue weighted by molar-refractivity contribution is 14.1. The zero-order chi connectivity index (χ0) is 24.9. The van der Waals surface area contributed by atoms with E-state index in [0.717, 1.165) is 41.3 Å². The third kappa shape index (κ3) is 6.48. The van der Waals surface area contributed by atoms with Gasteiger partial charge in [0.25, 0.3) is 5.91 Å². The summed E-state index contributed by atoms with van der Waals surface area (Å²) in [6.07, 6.45) is 2.82. The first-order valence-corrected chi connectivity index (χ1v) is 14.4. The van der Waals surface area contributed by atoms with Crippen LogP contribution in [0.1, 0.15) is 37.0 Å². The maximum atomic E-state index is 13.4. The molecule has 0 saturated carbocycles. The average Bonchev–Trinajstić information content (AvgIpc) is 3.14. The molecule has 4 nitrogen and oxygen atoms in total. The van der Waals surface area contributed by atoms with Crippen LogP contribution in [0, 0.1) is 14.1 Å². The highest BCUT2D eigenvalue weighted by Crippen LogP contribution is 2.37. The van der Waals surface area contributed by atoms with Gasteiger partial charge < -0.3 is 4.74 Å². The van der Waals surface area contributed by atoms with Crippen molar-refractivity contribution in [2.24, 2.45) is 4.99 Å². The fourth-order valence-corrected chi connectivity index (χ4v) is 6.76. The van der Waals surface area contributed by atoms with Crippen LogP contribution in [0.3, 0.4) is 0 Å². The summed E-state index contributed by atoms with van der Waals surface area (Å²) in [6.45, 7) is 6.73. The Morgan fingerprint density at radius 2 is 1.71 bits per heavy atom. The molecule has 0 N–H and O–H groups in total. The molecule has 4 rings (SSSR count). The lowest BCUT2D eigenvalue weighted by molar-refractivity contribution is -0.123. The van der Waals surface area contributed by atoms with E-state index in [1.807, 2.05) is 53.4 Å². The Morgan fingerprint density at radius 1 is 1.06 bits per heavy atom. The van der Waals surface area contributed by atoms with Crippen LogP contribution in [-0.2, 0) is 11.4 Å². The molecule has 1 amide bonds. The topological polar surface area (TPSA) is 41.9 Å². The van der Waals surface area contributed by atoms with E-state index in [-0.39, 0.29) is 11.9 Å². The summed E-state index contributed by atoms with van der Waals surface area (Å²) in [5.41, 5.74) is 4.14. The van der Waals surface area contributed by atoms with Gasteiger partial charge in [0.05, 0.1) is 17.7 Å². The first kappa shape index (κ1) is 26.2. The molecule has 1 aliphatic heterocycles. The number of rotatable bonds is 7. The Hall–Kier alpha value is -1.85. The number of amides is 1. The summed E-state index contributed by atoms with van der Waals surface area (Å²) in [5.74, 6) is 0.870. The van der Waals surface area contributed by atoms with E-state index < -0.39 is 0 Å². The van der Waals surface area contributed by atoms with Gasteiger partial charge in [-0.1, -0.05) is 55.0 Å². The number of halogens is 2. The van der Waals surface area contributed by atoms with Crippen LogP contribution < -0.4 is 4.74 Å². The van der Waals surface area contributed by atoms with E-state index in [0.29, 0.717) is 11.5 Å². The zero-order valence-electron chi connectivity index (χ0n) is 19.8. The van der Waals surface area contributed by atoms with Crippen molar-refractivity contribution in [1.82, 2.24) is 4.90 Å². The molecule has 0 aromatic heterocycles. The van der Waals surface area contributed by atoms with Crippen molar-refractivity contribution in [2.75, 3.05) is 0 Å². The van der Waals surface area contributed by atoms with Crippen molar-refractivity contribution in [2.45, 2.75) is 39.8 Å². The molecule has 1 heterocycles. The Balaban J connectivity index is 1.60. The SMILES string of the molecule is CC[C@@H](C)N1C(=O)/C(=C\c2cc(I)c(OCc3ccccc3)c(I)c2)SC1=Nc1ccc(C)cc1. The van der Waals surface area contributed by atoms with Crippen LogP contribution >= 0.6 is 56.9 Å². The Morgan fingerprint density at radius 3 is 2.34 bits per heavy atom. The minimum absolute atomic E-state index is 0.00429. The molecule has 180 valence electrons. The lowest BCUT2D eigenvalue weighted by Gasteiger charge is -2.22. The van der Waals surface area contributed by atoms with Crippen molar-refractivity contribution in [3.8, 4) is 5.75 Å². The lowest BCUT2D eigenvalue weighted by atomic mass is 10.2. The van der Waals surface area contributed by atoms with Gasteiger partial charge in [0.1, 0.15) is 12.4 Å². The second-order valence-electron chi connectivity index (χ2n) is 8.36. The van der Waals surface area contributed by atoms with E-state index in [2.05, 4.69) is 90.2 Å². The summed E-state index contributed by atoms with van der Waals surface area (Å²) >= 11 is 6.05. The molecule has 0 unspecified atom stereocenters. The molecule has 0 spiro atoms. The van der Waals surface area contributed by atoms with Crippen molar-refractivity contribution in [3.63, 3.8) is 0 Å². The molecule has 1 saturated heterocycles. The van der Waals surface area contributed by atoms with Crippen LogP contribution in [-0.4, -0.2) is 22.0 Å². The normalized spacial score (nSPS) is 16.8. The molecule has 1 fully saturated rings. The quantitative estimate of drug-likeness (QED) is 0.184. The van der Waals surface area contributed by atoms with E-state index in [4.69, 9.17) is 9.73 Å². The van der Waals surface area contributed by atoms with Gasteiger partial charge in [-0.3, -0.25) is 9.69 Å². The number of carbonyl (C=O) groups excluding carboxylic acids is 1. The van der Waals surface area contributed by atoms with Crippen LogP contribution in [0.2, 0.25) is 0 Å². The van der Waals surface area contributed by atoms with Gasteiger partial charge in [0.2, 0.25) is 0 Å². The fourth-order valence-electron chi connectivity index (χ4n) is 3.55. The molecular formula is C28H26I2N2O2S. The predicted molar refractivity (Wildman–Crippen MR) is 163 cm³/mol. The largest absolute Gasteiger partial charge is 0.487 e. The Bertz CT molecular complexity index is 1250. The molecule has 0 bridgehead atoms. The van der Waals surface area contributed by atoms with Crippen LogP contribution in [0.25, 0.3) is 6.08 Å². The highest BCUT2D eigenvalue weighted by atomic mass is 127. The smallest absolute Gasteiger partial charge is 0.266 e. The number of aryl methyl sites for hydroxylation is 1. The first-order chi connectivity index (χ1) is 16.9. The number of benzene rings is 3. The maximum absolute atomic E-state index is 13.4. The summed E-state index contributed by atoms with van der Waals surface area (Å²) in [6, 6.07) is 22.4. The molecule has 1 atom stereocenters. The van der Waals surface area contributed by atoms with Gasteiger partial charge in [0, 0.05) is 6.04 Å². The molecule has 0 aliphatic carbocycles. The molecule has 35 heavy (non-hydrogen) atoms. The van der Waals surface area contributed by atoms with E-state index >= 15 is 0 Å². The second kappa shape index (κ2) is 11.9. The third-order valence-electron chi connectivity index (χ3n) is 5.67. The van der Waals surface area contributed by atoms with Gasteiger partial charge in [-0.05, 0) is 119 Å². The third-order valence-corrected chi connectivity index (χ3v) is 8.26. The number of hydrogen-bond acceptors (Lipinski definition) is 4. The highest BCUT2D eigenvalue weighted by Gasteiger charge is 2.36. The molecule has 0 radical (unpaired) electrons. The molecule has 3 aromatic carbocycles. The minimum atomic E-state index is 0.00429. The molecular weight excluding hydrogens is 682 g/mol. The number of nitrogens with zero attached hydrogens (tertiary/aromatic N) is 2. The van der Waals surface area contributed by atoms with E-state index in [1.165, 1.54) is 17.3 Å². The number of amidine groups is 1. The summed E-state index contributed by atoms with van der Waals surface area (Å²) in [4.78, 5) is 20.7. The van der Waals surface area contributed by atoms with E-state index in [9.17, 15) is 4.79 Å². The monoisotopic (exact) mass is 708 g/mol. The molecule has 7 heteroatoms. The fraction of sp³-hybridized carbons (Fsp3) is 0.214. The zero-order valence-corrected chi connectivity index (χ0v) is 24.9. The number of hydrogen-bond donors (Lipinski definition) is 0. The molecule has 1 aliphatic rings. The summed E-state index contributed by atoms with van der Waals surface area (Å²) in [5, 5.41) is 0.728. The summed E-state index contributed by atoms with van der Waals surface area (Å²) < 4.78 is 8.15. The van der Waals surface area contributed by atoms with Crippen molar-refractivity contribution < 1.29 is 9.53 Å². The number of ether oxygens (including phenoxy) is 1. The van der Waals surface area contributed by atoms with Crippen molar-refractivity contribution >= 4 is 79.8 Å². The Kier molecular flexibility index (Phi) is 8.93. The number of thioether (sulfide) groups is 1. The van der Waals surface area contributed by atoms with Gasteiger partial charge >= 0.3 is 0 Å². The Labute approximate surface area is 238 Å². The maximum Gasteiger partial charge on any atom is 0.266 e. The van der Waals surface area contributed by atoms with Gasteiger partial charge in [-0.25, -0.2) is 4.99 Å². The van der Waals surface area contributed by atoms with Crippen molar-refractivity contribution in [1.29, 1.82) is 0 Å². The standard InChI is InChI=1S/C28H26I2N2O2S/c1-4-19(3)32-27(33)25(35-28(32)31-22-12-10-18(2)11-13-22)16-21-14-23(29)26(24(30)15-21)34-17-20-8-6-5-7-9-20/h5-16,19H,4,17H2,1-3H3/b25-16+,31-28?/t19-/m1/s1. The minimum Gasteiger partial charge on any atom is -0.487 e. The van der Waals surface area contributed by atoms with Crippen LogP contribution in [0.5, 0.6) is 5.75 Å². The number of carbonyl (C=O) groups is 1. The lowest BCUT2D eigenvalue weighted by Crippen LogP contribution is -2.36. The van der Waals surface area contributed by atoms with Crippen LogP contribution in [0.4, 0.5) is 5.69 Å². The van der Waals surface area contributed by atoms with Crippen molar-refractivity contribution in [3.05, 3.63) is 95.5 Å². The number of aliphatic imine (C=N–C) groups is 1. The second-order valence-corrected chi connectivity index (χ2v) is 11.7. The van der Waals surface area contributed by atoms with Gasteiger partial charge in [-0.15, -0.1) is 0 Å². The van der Waals surface area contributed by atoms with E-state index in [1.54, 1.807) is 0 Å². The predicted octanol–water partition coefficient (Wildman–Crippen LogP) is 8.19. The van der Waals surface area contributed by atoms with Crippen LogP contribution in [0.15, 0.2) is 76.6 Å². The first-order valence-electron chi connectivity index (χ1n) is 11.4. The van der Waals surface area contributed by atoms with Gasteiger partial charge in [-0.2, -0.15) is 0 Å². The molecule has 3 aromatic rings. The average molecular weight is 708 g/mol.